The SMILES string of the molecule is CCCC[Si](C)(C)O[Si](C)(C)O[Si](C)(C)CCCN1C(=O)c2ccc(S(=O)(=O)c3ccc4c(c3)C(=O)N(C)C4=O)cc2C1=O. The number of amides is 4. The third-order valence-electron chi connectivity index (χ3n) is 7.96. The number of fused-ring (bicyclic) bond motifs is 2. The number of imide groups is 2. The lowest BCUT2D eigenvalue weighted by Gasteiger charge is -2.39. The number of hydrogen-bond donors (Lipinski definition) is 0. The largest absolute Gasteiger partial charge is 0.437 e. The van der Waals surface area contributed by atoms with Gasteiger partial charge in [-0.1, -0.05) is 19.8 Å². The molecular weight excluding hydrogens is 633 g/mol. The smallest absolute Gasteiger partial charge is 0.311 e. The first-order chi connectivity index (χ1) is 20.3. The Bertz CT molecular complexity index is 1640. The van der Waals surface area contributed by atoms with Crippen LogP contribution in [0.3, 0.4) is 0 Å². The lowest BCUT2D eigenvalue weighted by Crippen LogP contribution is -2.52. The number of hydrogen-bond acceptors (Lipinski definition) is 8. The fourth-order valence-electron chi connectivity index (χ4n) is 6.00. The molecule has 2 aliphatic rings. The summed E-state index contributed by atoms with van der Waals surface area (Å²) in [4.78, 5) is 52.8. The van der Waals surface area contributed by atoms with Gasteiger partial charge in [-0.05, 0) is 94.2 Å². The standard InChI is InChI=1S/C30H42N2O8SSi3/c1-9-10-17-42(3,4)39-44(7,8)40-43(5,6)18-11-16-32-29(35)24-15-13-22(20-26(24)30(32)36)41(37,38)21-12-14-23-25(19-21)28(34)31(2)27(23)33/h12-15,19-20H,9-11,16-18H2,1-8H3. The van der Waals surface area contributed by atoms with E-state index in [4.69, 9.17) is 8.23 Å². The Morgan fingerprint density at radius 3 is 1.61 bits per heavy atom. The van der Waals surface area contributed by atoms with Crippen molar-refractivity contribution in [2.75, 3.05) is 13.6 Å². The summed E-state index contributed by atoms with van der Waals surface area (Å²) in [6.45, 7) is 15.3. The molecule has 44 heavy (non-hydrogen) atoms. The van der Waals surface area contributed by atoms with Crippen molar-refractivity contribution in [3.8, 4) is 0 Å². The maximum Gasteiger partial charge on any atom is 0.311 e. The van der Waals surface area contributed by atoms with Crippen molar-refractivity contribution in [2.24, 2.45) is 0 Å². The van der Waals surface area contributed by atoms with Gasteiger partial charge in [0.25, 0.3) is 23.6 Å². The Balaban J connectivity index is 1.44. The maximum absolute atomic E-state index is 13.5. The highest BCUT2D eigenvalue weighted by Crippen LogP contribution is 2.32. The molecule has 0 spiro atoms. The van der Waals surface area contributed by atoms with Crippen molar-refractivity contribution >= 4 is 58.7 Å². The quantitative estimate of drug-likeness (QED) is 0.196. The number of carbonyl (C=O) groups is 4. The molecule has 0 saturated heterocycles. The number of benzene rings is 2. The summed E-state index contributed by atoms with van der Waals surface area (Å²) in [6.07, 6.45) is 2.84. The second-order valence-corrected chi connectivity index (χ2v) is 27.6. The van der Waals surface area contributed by atoms with Crippen LogP contribution in [0.25, 0.3) is 0 Å². The predicted molar refractivity (Wildman–Crippen MR) is 174 cm³/mol. The molecule has 0 fully saturated rings. The van der Waals surface area contributed by atoms with Crippen molar-refractivity contribution in [2.45, 2.75) is 87.3 Å². The topological polar surface area (TPSA) is 127 Å². The van der Waals surface area contributed by atoms with Gasteiger partial charge in [0, 0.05) is 13.6 Å². The molecule has 0 radical (unpaired) electrons. The normalized spacial score (nSPS) is 15.8. The lowest BCUT2D eigenvalue weighted by molar-refractivity contribution is 0.0648. The van der Waals surface area contributed by atoms with Gasteiger partial charge < -0.3 is 8.23 Å². The number of carbonyl (C=O) groups excluding carboxylic acids is 4. The van der Waals surface area contributed by atoms with E-state index in [9.17, 15) is 27.6 Å². The summed E-state index contributed by atoms with van der Waals surface area (Å²) in [6, 6.07) is 9.45. The lowest BCUT2D eigenvalue weighted by atomic mass is 10.1. The van der Waals surface area contributed by atoms with Gasteiger partial charge in [0.15, 0.2) is 16.6 Å². The Morgan fingerprint density at radius 2 is 1.09 bits per heavy atom. The van der Waals surface area contributed by atoms with Crippen LogP contribution in [-0.2, 0) is 18.1 Å². The number of unbranched alkanes of at least 4 members (excludes halogenated alkanes) is 1. The van der Waals surface area contributed by atoms with Gasteiger partial charge in [-0.2, -0.15) is 0 Å². The Kier molecular flexibility index (Phi) is 9.47. The van der Waals surface area contributed by atoms with E-state index >= 15 is 0 Å². The second kappa shape index (κ2) is 12.2. The van der Waals surface area contributed by atoms with Crippen molar-refractivity contribution in [3.05, 3.63) is 58.7 Å². The number of nitrogens with zero attached hydrogens (tertiary/aromatic N) is 2. The maximum atomic E-state index is 13.5. The van der Waals surface area contributed by atoms with Crippen LogP contribution in [0.15, 0.2) is 46.2 Å². The predicted octanol–water partition coefficient (Wildman–Crippen LogP) is 5.68. The van der Waals surface area contributed by atoms with Gasteiger partial charge in [0.05, 0.1) is 32.0 Å². The van der Waals surface area contributed by atoms with Crippen LogP contribution in [0.5, 0.6) is 0 Å². The molecule has 0 bridgehead atoms. The molecule has 2 aromatic carbocycles. The number of rotatable bonds is 13. The van der Waals surface area contributed by atoms with Crippen LogP contribution in [0.2, 0.25) is 51.4 Å². The molecule has 0 unspecified atom stereocenters. The minimum absolute atomic E-state index is 0.00696. The third-order valence-corrected chi connectivity index (χ3v) is 21.2. The molecule has 14 heteroatoms. The van der Waals surface area contributed by atoms with E-state index in [1.807, 2.05) is 0 Å². The highest BCUT2D eigenvalue weighted by atomic mass is 32.2. The third kappa shape index (κ3) is 6.89. The Labute approximate surface area is 263 Å². The Morgan fingerprint density at radius 1 is 0.659 bits per heavy atom. The summed E-state index contributed by atoms with van der Waals surface area (Å²) in [5.41, 5.74) is 0.318. The molecule has 2 aliphatic heterocycles. The average Bonchev–Trinajstić information content (AvgIpc) is 3.29. The van der Waals surface area contributed by atoms with Gasteiger partial charge in [-0.25, -0.2) is 8.42 Å². The summed E-state index contributed by atoms with van der Waals surface area (Å²) in [7, 11) is -9.20. The zero-order valence-electron chi connectivity index (χ0n) is 26.8. The first-order valence-electron chi connectivity index (χ1n) is 14.9. The first kappa shape index (κ1) is 34.1. The van der Waals surface area contributed by atoms with E-state index in [-0.39, 0.29) is 38.6 Å². The molecule has 2 heterocycles. The molecule has 2 aromatic rings. The number of sulfone groups is 1. The van der Waals surface area contributed by atoms with Crippen LogP contribution in [0.1, 0.15) is 67.6 Å². The minimum Gasteiger partial charge on any atom is -0.437 e. The monoisotopic (exact) mass is 674 g/mol. The van der Waals surface area contributed by atoms with Gasteiger partial charge in [-0.3, -0.25) is 29.0 Å². The van der Waals surface area contributed by atoms with Crippen LogP contribution >= 0.6 is 0 Å². The van der Waals surface area contributed by atoms with Crippen LogP contribution in [0, 0.1) is 0 Å². The summed E-state index contributed by atoms with van der Waals surface area (Å²) in [5, 5.41) is 0. The first-order valence-corrected chi connectivity index (χ1v) is 25.5. The molecular formula is C30H42N2O8SSi3. The molecule has 0 N–H and O–H groups in total. The summed E-state index contributed by atoms with van der Waals surface area (Å²) >= 11 is 0. The van der Waals surface area contributed by atoms with Crippen LogP contribution in [0.4, 0.5) is 0 Å². The van der Waals surface area contributed by atoms with Crippen molar-refractivity contribution in [1.29, 1.82) is 0 Å². The zero-order chi connectivity index (χ0) is 32.8. The molecule has 0 atom stereocenters. The van der Waals surface area contributed by atoms with Crippen molar-refractivity contribution in [1.82, 2.24) is 9.80 Å². The molecule has 0 aliphatic carbocycles. The minimum atomic E-state index is -4.15. The van der Waals surface area contributed by atoms with Gasteiger partial charge in [0.2, 0.25) is 9.84 Å². The highest BCUT2D eigenvalue weighted by Gasteiger charge is 2.41. The van der Waals surface area contributed by atoms with E-state index in [2.05, 4.69) is 46.2 Å². The van der Waals surface area contributed by atoms with Crippen molar-refractivity contribution in [3.63, 3.8) is 0 Å². The molecule has 0 aromatic heterocycles. The second-order valence-electron chi connectivity index (χ2n) is 13.2. The summed E-state index contributed by atoms with van der Waals surface area (Å²) in [5.74, 6) is -2.08. The van der Waals surface area contributed by atoms with Gasteiger partial charge >= 0.3 is 8.56 Å². The van der Waals surface area contributed by atoms with E-state index < -0.39 is 58.7 Å². The molecule has 10 nitrogen and oxygen atoms in total. The fourth-order valence-corrected chi connectivity index (χ4v) is 21.5. The fraction of sp³-hybridized carbons (Fsp3) is 0.467. The average molecular weight is 675 g/mol. The molecule has 238 valence electrons. The van der Waals surface area contributed by atoms with Crippen molar-refractivity contribution < 1.29 is 35.8 Å². The van der Waals surface area contributed by atoms with E-state index in [0.29, 0.717) is 6.42 Å². The molecule has 4 rings (SSSR count). The molecule has 0 saturated carbocycles. The van der Waals surface area contributed by atoms with Crippen LogP contribution in [-0.4, -0.2) is 80.6 Å². The van der Waals surface area contributed by atoms with Crippen LogP contribution < -0.4 is 0 Å². The Hall–Kier alpha value is -2.76. The highest BCUT2D eigenvalue weighted by molar-refractivity contribution is 7.91. The van der Waals surface area contributed by atoms with Gasteiger partial charge in [0.1, 0.15) is 0 Å². The summed E-state index contributed by atoms with van der Waals surface area (Å²) < 4.78 is 40.2. The van der Waals surface area contributed by atoms with E-state index in [0.717, 1.165) is 29.8 Å². The zero-order valence-corrected chi connectivity index (χ0v) is 30.6. The van der Waals surface area contributed by atoms with E-state index in [1.54, 1.807) is 0 Å². The van der Waals surface area contributed by atoms with Gasteiger partial charge in [-0.15, -0.1) is 0 Å². The molecule has 4 amide bonds. The van der Waals surface area contributed by atoms with E-state index in [1.165, 1.54) is 48.3 Å².